The standard InChI is InChI=1S/C11H19N5/c1-2-8-9(10(12)15-11(13)14-8)16-6-4-3-5-7-16/h2-7H2,1H3,(H4,12,13,14,15). The number of hydrogen-bond acceptors (Lipinski definition) is 5. The van der Waals surface area contributed by atoms with Crippen LogP contribution in [0.2, 0.25) is 0 Å². The Morgan fingerprint density at radius 2 is 1.81 bits per heavy atom. The zero-order valence-corrected chi connectivity index (χ0v) is 9.74. The average Bonchev–Trinajstić information content (AvgIpc) is 2.29. The van der Waals surface area contributed by atoms with Gasteiger partial charge in [0.1, 0.15) is 5.69 Å². The van der Waals surface area contributed by atoms with Crippen molar-refractivity contribution in [3.8, 4) is 0 Å². The largest absolute Gasteiger partial charge is 0.382 e. The SMILES string of the molecule is CCc1nc(N)nc(N)c1N1CCCCC1. The fourth-order valence-corrected chi connectivity index (χ4v) is 2.25. The fraction of sp³-hybridized carbons (Fsp3) is 0.636. The van der Waals surface area contributed by atoms with Crippen molar-refractivity contribution in [1.29, 1.82) is 0 Å². The molecule has 1 aromatic rings. The van der Waals surface area contributed by atoms with Crippen molar-refractivity contribution in [2.75, 3.05) is 29.5 Å². The van der Waals surface area contributed by atoms with E-state index in [1.54, 1.807) is 0 Å². The highest BCUT2D eigenvalue weighted by atomic mass is 15.2. The van der Waals surface area contributed by atoms with Gasteiger partial charge in [0, 0.05) is 13.1 Å². The number of nitrogens with two attached hydrogens (primary N) is 2. The van der Waals surface area contributed by atoms with Gasteiger partial charge in [0.2, 0.25) is 5.95 Å². The van der Waals surface area contributed by atoms with Crippen LogP contribution >= 0.6 is 0 Å². The molecule has 1 fully saturated rings. The maximum absolute atomic E-state index is 5.96. The van der Waals surface area contributed by atoms with Gasteiger partial charge in [0.05, 0.1) is 5.69 Å². The monoisotopic (exact) mass is 221 g/mol. The summed E-state index contributed by atoms with van der Waals surface area (Å²) in [7, 11) is 0. The lowest BCUT2D eigenvalue weighted by Gasteiger charge is -2.30. The molecule has 0 amide bonds. The second kappa shape index (κ2) is 4.55. The lowest BCUT2D eigenvalue weighted by atomic mass is 10.1. The molecule has 0 spiro atoms. The van der Waals surface area contributed by atoms with Gasteiger partial charge < -0.3 is 16.4 Å². The summed E-state index contributed by atoms with van der Waals surface area (Å²) in [6, 6.07) is 0. The summed E-state index contributed by atoms with van der Waals surface area (Å²) < 4.78 is 0. The average molecular weight is 221 g/mol. The maximum atomic E-state index is 5.96. The number of anilines is 3. The van der Waals surface area contributed by atoms with E-state index in [9.17, 15) is 0 Å². The van der Waals surface area contributed by atoms with Crippen molar-refractivity contribution in [3.63, 3.8) is 0 Å². The number of hydrogen-bond donors (Lipinski definition) is 2. The molecule has 4 N–H and O–H groups in total. The predicted octanol–water partition coefficient (Wildman–Crippen LogP) is 1.19. The third-order valence-corrected chi connectivity index (χ3v) is 3.01. The van der Waals surface area contributed by atoms with E-state index in [1.807, 2.05) is 0 Å². The molecule has 5 heteroatoms. The first kappa shape index (κ1) is 11.0. The molecule has 1 saturated heterocycles. The highest BCUT2D eigenvalue weighted by molar-refractivity contribution is 5.68. The van der Waals surface area contributed by atoms with Crippen LogP contribution < -0.4 is 16.4 Å². The molecule has 1 aliphatic heterocycles. The smallest absolute Gasteiger partial charge is 0.222 e. The molecule has 0 unspecified atom stereocenters. The Hall–Kier alpha value is -1.52. The van der Waals surface area contributed by atoms with Gasteiger partial charge in [0.25, 0.3) is 0 Å². The molecular formula is C11H19N5. The van der Waals surface area contributed by atoms with Crippen LogP contribution in [0.5, 0.6) is 0 Å². The number of aromatic nitrogens is 2. The van der Waals surface area contributed by atoms with Crippen LogP contribution in [0.1, 0.15) is 31.9 Å². The molecule has 0 bridgehead atoms. The van der Waals surface area contributed by atoms with Crippen LogP contribution in [0.4, 0.5) is 17.5 Å². The van der Waals surface area contributed by atoms with Gasteiger partial charge in [-0.1, -0.05) is 6.92 Å². The molecule has 1 aliphatic rings. The first-order chi connectivity index (χ1) is 7.72. The highest BCUT2D eigenvalue weighted by Gasteiger charge is 2.18. The second-order valence-corrected chi connectivity index (χ2v) is 4.16. The summed E-state index contributed by atoms with van der Waals surface area (Å²) in [4.78, 5) is 10.6. The summed E-state index contributed by atoms with van der Waals surface area (Å²) in [5, 5.41) is 0. The lowest BCUT2D eigenvalue weighted by Crippen LogP contribution is -2.31. The molecule has 2 heterocycles. The van der Waals surface area contributed by atoms with E-state index in [-0.39, 0.29) is 5.95 Å². The van der Waals surface area contributed by atoms with Crippen molar-refractivity contribution in [3.05, 3.63) is 5.69 Å². The molecule has 16 heavy (non-hydrogen) atoms. The molecule has 5 nitrogen and oxygen atoms in total. The van der Waals surface area contributed by atoms with E-state index >= 15 is 0 Å². The molecule has 0 saturated carbocycles. The summed E-state index contributed by atoms with van der Waals surface area (Å²) in [5.74, 6) is 0.793. The minimum absolute atomic E-state index is 0.273. The molecule has 0 aromatic carbocycles. The first-order valence-corrected chi connectivity index (χ1v) is 5.89. The molecule has 1 aromatic heterocycles. The number of nitrogens with zero attached hydrogens (tertiary/aromatic N) is 3. The van der Waals surface area contributed by atoms with Crippen molar-refractivity contribution in [2.45, 2.75) is 32.6 Å². The van der Waals surface area contributed by atoms with E-state index in [0.717, 1.165) is 30.9 Å². The van der Waals surface area contributed by atoms with Gasteiger partial charge in [-0.15, -0.1) is 0 Å². The lowest BCUT2D eigenvalue weighted by molar-refractivity contribution is 0.575. The van der Waals surface area contributed by atoms with E-state index in [0.29, 0.717) is 5.82 Å². The molecule has 0 radical (unpaired) electrons. The molecule has 0 atom stereocenters. The van der Waals surface area contributed by atoms with Crippen molar-refractivity contribution < 1.29 is 0 Å². The quantitative estimate of drug-likeness (QED) is 0.784. The van der Waals surface area contributed by atoms with Crippen LogP contribution in [-0.2, 0) is 6.42 Å². The zero-order valence-electron chi connectivity index (χ0n) is 9.74. The van der Waals surface area contributed by atoms with Crippen LogP contribution in [-0.4, -0.2) is 23.1 Å². The normalized spacial score (nSPS) is 16.4. The number of aryl methyl sites for hydroxylation is 1. The van der Waals surface area contributed by atoms with E-state index < -0.39 is 0 Å². The van der Waals surface area contributed by atoms with Crippen molar-refractivity contribution >= 4 is 17.5 Å². The number of nitrogen functional groups attached to an aromatic ring is 2. The highest BCUT2D eigenvalue weighted by Crippen LogP contribution is 2.28. The summed E-state index contributed by atoms with van der Waals surface area (Å²) in [6.07, 6.45) is 4.57. The minimum Gasteiger partial charge on any atom is -0.382 e. The summed E-state index contributed by atoms with van der Waals surface area (Å²) in [6.45, 7) is 4.16. The summed E-state index contributed by atoms with van der Waals surface area (Å²) >= 11 is 0. The van der Waals surface area contributed by atoms with Crippen LogP contribution in [0.3, 0.4) is 0 Å². The van der Waals surface area contributed by atoms with E-state index in [1.165, 1.54) is 19.3 Å². The Morgan fingerprint density at radius 1 is 1.12 bits per heavy atom. The number of piperidine rings is 1. The van der Waals surface area contributed by atoms with E-state index in [4.69, 9.17) is 11.5 Å². The Morgan fingerprint density at radius 3 is 2.44 bits per heavy atom. The predicted molar refractivity (Wildman–Crippen MR) is 66.3 cm³/mol. The Kier molecular flexibility index (Phi) is 3.12. The molecular weight excluding hydrogens is 202 g/mol. The molecule has 2 rings (SSSR count). The molecule has 0 aliphatic carbocycles. The second-order valence-electron chi connectivity index (χ2n) is 4.16. The van der Waals surface area contributed by atoms with E-state index in [2.05, 4.69) is 21.8 Å². The van der Waals surface area contributed by atoms with Gasteiger partial charge in [-0.05, 0) is 25.7 Å². The third-order valence-electron chi connectivity index (χ3n) is 3.01. The van der Waals surface area contributed by atoms with Gasteiger partial charge in [-0.25, -0.2) is 4.98 Å². The van der Waals surface area contributed by atoms with Gasteiger partial charge >= 0.3 is 0 Å². The Labute approximate surface area is 95.9 Å². The summed E-state index contributed by atoms with van der Waals surface area (Å²) in [5.41, 5.74) is 13.5. The van der Waals surface area contributed by atoms with Crippen LogP contribution in [0, 0.1) is 0 Å². The zero-order chi connectivity index (χ0) is 11.5. The fourth-order valence-electron chi connectivity index (χ4n) is 2.25. The third kappa shape index (κ3) is 2.03. The minimum atomic E-state index is 0.273. The van der Waals surface area contributed by atoms with Crippen molar-refractivity contribution in [1.82, 2.24) is 9.97 Å². The topological polar surface area (TPSA) is 81.1 Å². The Bertz CT molecular complexity index is 371. The van der Waals surface area contributed by atoms with Gasteiger partial charge in [-0.2, -0.15) is 4.98 Å². The van der Waals surface area contributed by atoms with Crippen molar-refractivity contribution in [2.24, 2.45) is 0 Å². The molecule has 88 valence electrons. The van der Waals surface area contributed by atoms with Crippen LogP contribution in [0.15, 0.2) is 0 Å². The van der Waals surface area contributed by atoms with Gasteiger partial charge in [0.15, 0.2) is 5.82 Å². The van der Waals surface area contributed by atoms with Crippen LogP contribution in [0.25, 0.3) is 0 Å². The first-order valence-electron chi connectivity index (χ1n) is 5.89. The maximum Gasteiger partial charge on any atom is 0.222 e. The Balaban J connectivity index is 2.37. The van der Waals surface area contributed by atoms with Gasteiger partial charge in [-0.3, -0.25) is 0 Å². The number of rotatable bonds is 2.